The molecule has 1 aromatic heterocycles. The molecule has 110 valence electrons. The number of thioether (sulfide) groups is 1. The number of amides is 1. The van der Waals surface area contributed by atoms with Gasteiger partial charge in [0.1, 0.15) is 0 Å². The summed E-state index contributed by atoms with van der Waals surface area (Å²) in [6.07, 6.45) is 0. The molecule has 0 saturated carbocycles. The van der Waals surface area contributed by atoms with Crippen molar-refractivity contribution in [2.24, 2.45) is 0 Å². The van der Waals surface area contributed by atoms with Crippen molar-refractivity contribution in [1.82, 2.24) is 9.97 Å². The van der Waals surface area contributed by atoms with Crippen molar-refractivity contribution in [1.29, 1.82) is 0 Å². The van der Waals surface area contributed by atoms with E-state index in [0.29, 0.717) is 27.2 Å². The van der Waals surface area contributed by atoms with Gasteiger partial charge in [-0.2, -0.15) is 0 Å². The number of aryl methyl sites for hydroxylation is 1. The van der Waals surface area contributed by atoms with Gasteiger partial charge in [0, 0.05) is 17.4 Å². The molecule has 0 fully saturated rings. The second-order valence-corrected chi connectivity index (χ2v) is 5.64. The largest absolute Gasteiger partial charge is 0.399 e. The molecule has 0 aliphatic rings. The Morgan fingerprint density at radius 3 is 2.90 bits per heavy atom. The number of anilines is 2. The van der Waals surface area contributed by atoms with Gasteiger partial charge in [0.2, 0.25) is 5.91 Å². The van der Waals surface area contributed by atoms with Crippen LogP contribution in [0.15, 0.2) is 34.2 Å². The number of benzene rings is 1. The van der Waals surface area contributed by atoms with Gasteiger partial charge in [-0.3, -0.25) is 9.59 Å². The summed E-state index contributed by atoms with van der Waals surface area (Å²) in [5.74, 6) is -0.150. The molecule has 1 heterocycles. The monoisotopic (exact) mass is 324 g/mol. The number of H-pyrrole nitrogens is 1. The predicted molar refractivity (Wildman–Crippen MR) is 84.8 cm³/mol. The summed E-state index contributed by atoms with van der Waals surface area (Å²) in [6.45, 7) is 1.72. The minimum Gasteiger partial charge on any atom is -0.399 e. The van der Waals surface area contributed by atoms with Crippen LogP contribution in [0, 0.1) is 6.92 Å². The Morgan fingerprint density at radius 2 is 2.24 bits per heavy atom. The maximum Gasteiger partial charge on any atom is 0.251 e. The summed E-state index contributed by atoms with van der Waals surface area (Å²) in [5.41, 5.74) is 6.94. The Bertz CT molecular complexity index is 732. The normalized spacial score (nSPS) is 10.4. The third kappa shape index (κ3) is 4.51. The summed E-state index contributed by atoms with van der Waals surface area (Å²) in [5, 5.41) is 3.44. The molecule has 21 heavy (non-hydrogen) atoms. The SMILES string of the molecule is Cc1cc(=O)[nH]c(SCC(=O)Nc2ccc(N)cc2Cl)n1. The van der Waals surface area contributed by atoms with Crippen LogP contribution >= 0.6 is 23.4 Å². The van der Waals surface area contributed by atoms with Crippen LogP contribution in [0.4, 0.5) is 11.4 Å². The number of halogens is 1. The van der Waals surface area contributed by atoms with Crippen molar-refractivity contribution < 1.29 is 4.79 Å². The molecule has 0 aliphatic carbocycles. The highest BCUT2D eigenvalue weighted by Crippen LogP contribution is 2.24. The lowest BCUT2D eigenvalue weighted by molar-refractivity contribution is -0.113. The van der Waals surface area contributed by atoms with Crippen LogP contribution in [0.3, 0.4) is 0 Å². The van der Waals surface area contributed by atoms with Crippen molar-refractivity contribution in [2.75, 3.05) is 16.8 Å². The van der Waals surface area contributed by atoms with E-state index in [2.05, 4.69) is 15.3 Å². The molecule has 6 nitrogen and oxygen atoms in total. The maximum atomic E-state index is 11.9. The molecule has 0 radical (unpaired) electrons. The molecule has 0 saturated heterocycles. The van der Waals surface area contributed by atoms with Crippen molar-refractivity contribution in [3.8, 4) is 0 Å². The van der Waals surface area contributed by atoms with Gasteiger partial charge >= 0.3 is 0 Å². The van der Waals surface area contributed by atoms with Crippen molar-refractivity contribution in [3.05, 3.63) is 45.3 Å². The molecule has 1 aromatic carbocycles. The van der Waals surface area contributed by atoms with Crippen LogP contribution in [0.5, 0.6) is 0 Å². The topological polar surface area (TPSA) is 101 Å². The second kappa shape index (κ2) is 6.64. The van der Waals surface area contributed by atoms with E-state index in [1.807, 2.05) is 0 Å². The third-order valence-electron chi connectivity index (χ3n) is 2.46. The Morgan fingerprint density at radius 1 is 1.48 bits per heavy atom. The number of aromatic amines is 1. The van der Waals surface area contributed by atoms with E-state index < -0.39 is 0 Å². The maximum absolute atomic E-state index is 11.9. The molecule has 0 aliphatic heterocycles. The molecule has 2 aromatic rings. The smallest absolute Gasteiger partial charge is 0.251 e. The molecule has 2 rings (SSSR count). The minimum absolute atomic E-state index is 0.104. The number of nitrogens with two attached hydrogens (primary N) is 1. The number of carbonyl (C=O) groups excluding carboxylic acids is 1. The molecule has 4 N–H and O–H groups in total. The number of nitrogens with zero attached hydrogens (tertiary/aromatic N) is 1. The van der Waals surface area contributed by atoms with E-state index in [9.17, 15) is 9.59 Å². The van der Waals surface area contributed by atoms with Crippen LogP contribution in [0.2, 0.25) is 5.02 Å². The zero-order valence-corrected chi connectivity index (χ0v) is 12.7. The zero-order valence-electron chi connectivity index (χ0n) is 11.1. The number of aromatic nitrogens is 2. The molecular weight excluding hydrogens is 312 g/mol. The van der Waals surface area contributed by atoms with Crippen LogP contribution in [-0.2, 0) is 4.79 Å². The highest BCUT2D eigenvalue weighted by atomic mass is 35.5. The van der Waals surface area contributed by atoms with E-state index >= 15 is 0 Å². The fourth-order valence-electron chi connectivity index (χ4n) is 1.57. The summed E-state index contributed by atoms with van der Waals surface area (Å²) in [6, 6.07) is 6.23. The van der Waals surface area contributed by atoms with Crippen LogP contribution in [0.1, 0.15) is 5.69 Å². The lowest BCUT2D eigenvalue weighted by Crippen LogP contribution is -2.15. The molecule has 0 spiro atoms. The van der Waals surface area contributed by atoms with Crippen LogP contribution < -0.4 is 16.6 Å². The number of rotatable bonds is 4. The molecule has 8 heteroatoms. The van der Waals surface area contributed by atoms with E-state index in [1.54, 1.807) is 25.1 Å². The molecule has 0 unspecified atom stereocenters. The van der Waals surface area contributed by atoms with Crippen LogP contribution in [-0.4, -0.2) is 21.6 Å². The van der Waals surface area contributed by atoms with Crippen molar-refractivity contribution in [2.45, 2.75) is 12.1 Å². The Labute approximate surface area is 130 Å². The quantitative estimate of drug-likeness (QED) is 0.454. The first-order valence-corrected chi connectivity index (χ1v) is 7.36. The van der Waals surface area contributed by atoms with E-state index in [4.69, 9.17) is 17.3 Å². The highest BCUT2D eigenvalue weighted by molar-refractivity contribution is 7.99. The summed E-state index contributed by atoms with van der Waals surface area (Å²) in [4.78, 5) is 29.8. The van der Waals surface area contributed by atoms with Gasteiger partial charge in [-0.05, 0) is 25.1 Å². The molecular formula is C13H13ClN4O2S. The van der Waals surface area contributed by atoms with Crippen molar-refractivity contribution in [3.63, 3.8) is 0 Å². The highest BCUT2D eigenvalue weighted by Gasteiger charge is 2.08. The fourth-order valence-corrected chi connectivity index (χ4v) is 2.53. The standard InChI is InChI=1S/C13H13ClN4O2S/c1-7-4-11(19)18-13(16-7)21-6-12(20)17-10-3-2-8(15)5-9(10)14/h2-5H,6,15H2,1H3,(H,17,20)(H,16,18,19). The Hall–Kier alpha value is -1.99. The number of carbonyl (C=O) groups is 1. The van der Waals surface area contributed by atoms with Gasteiger partial charge in [-0.25, -0.2) is 4.98 Å². The average molecular weight is 325 g/mol. The lowest BCUT2D eigenvalue weighted by atomic mass is 10.3. The lowest BCUT2D eigenvalue weighted by Gasteiger charge is -2.07. The van der Waals surface area contributed by atoms with Gasteiger partial charge < -0.3 is 16.0 Å². The third-order valence-corrected chi connectivity index (χ3v) is 3.64. The first-order chi connectivity index (χ1) is 9.94. The van der Waals surface area contributed by atoms with E-state index in [1.165, 1.54) is 6.07 Å². The van der Waals surface area contributed by atoms with E-state index in [-0.39, 0.29) is 17.2 Å². The van der Waals surface area contributed by atoms with Gasteiger partial charge in [0.25, 0.3) is 5.56 Å². The summed E-state index contributed by atoms with van der Waals surface area (Å²) >= 11 is 7.11. The fraction of sp³-hybridized carbons (Fsp3) is 0.154. The first-order valence-electron chi connectivity index (χ1n) is 5.99. The van der Waals surface area contributed by atoms with Crippen LogP contribution in [0.25, 0.3) is 0 Å². The molecule has 0 bridgehead atoms. The molecule has 0 atom stereocenters. The predicted octanol–water partition coefficient (Wildman–Crippen LogP) is 2.04. The summed E-state index contributed by atoms with van der Waals surface area (Å²) < 4.78 is 0. The molecule has 1 amide bonds. The Kier molecular flexibility index (Phi) is 4.87. The number of nitrogens with one attached hydrogen (secondary N) is 2. The van der Waals surface area contributed by atoms with Gasteiger partial charge in [0.05, 0.1) is 16.5 Å². The first kappa shape index (κ1) is 15.4. The van der Waals surface area contributed by atoms with E-state index in [0.717, 1.165) is 11.8 Å². The number of hydrogen-bond acceptors (Lipinski definition) is 5. The number of nitrogen functional groups attached to an aromatic ring is 1. The van der Waals surface area contributed by atoms with Gasteiger partial charge in [-0.15, -0.1) is 0 Å². The average Bonchev–Trinajstić information content (AvgIpc) is 2.39. The van der Waals surface area contributed by atoms with Gasteiger partial charge in [0.15, 0.2) is 5.16 Å². The zero-order chi connectivity index (χ0) is 15.4. The Balaban J connectivity index is 1.97. The van der Waals surface area contributed by atoms with Gasteiger partial charge in [-0.1, -0.05) is 23.4 Å². The minimum atomic E-state index is -0.254. The van der Waals surface area contributed by atoms with Crippen molar-refractivity contribution >= 4 is 40.6 Å². The second-order valence-electron chi connectivity index (χ2n) is 4.27. The number of hydrogen-bond donors (Lipinski definition) is 3. The summed E-state index contributed by atoms with van der Waals surface area (Å²) in [7, 11) is 0.